The fourth-order valence-corrected chi connectivity index (χ4v) is 2.16. The Hall–Kier alpha value is -3.15. The van der Waals surface area contributed by atoms with Crippen molar-refractivity contribution >= 4 is 23.5 Å². The predicted octanol–water partition coefficient (Wildman–Crippen LogP) is 2.44. The maximum absolute atomic E-state index is 12.1. The Morgan fingerprint density at radius 3 is 1.92 bits per heavy atom. The van der Waals surface area contributed by atoms with Crippen molar-refractivity contribution in [2.24, 2.45) is 0 Å². The summed E-state index contributed by atoms with van der Waals surface area (Å²) < 4.78 is 9.31. The standard InChI is InChI=1S/C18H17NO5/c1-23-17(21)13-9-14(18(22)24-2)11-15(10-13)19-16(20)8-12-6-4-3-5-7-12/h3-7,9-11H,8H2,1-2H3,(H,19,20). The van der Waals surface area contributed by atoms with Gasteiger partial charge in [-0.2, -0.15) is 0 Å². The Morgan fingerprint density at radius 1 is 0.875 bits per heavy atom. The van der Waals surface area contributed by atoms with Crippen LogP contribution in [0.3, 0.4) is 0 Å². The van der Waals surface area contributed by atoms with Gasteiger partial charge in [-0.25, -0.2) is 9.59 Å². The quantitative estimate of drug-likeness (QED) is 0.853. The number of esters is 2. The first-order valence-electron chi connectivity index (χ1n) is 7.19. The van der Waals surface area contributed by atoms with Gasteiger partial charge in [0.15, 0.2) is 0 Å². The molecule has 0 saturated heterocycles. The van der Waals surface area contributed by atoms with Gasteiger partial charge in [0.2, 0.25) is 5.91 Å². The van der Waals surface area contributed by atoms with Gasteiger partial charge in [-0.05, 0) is 23.8 Å². The summed E-state index contributed by atoms with van der Waals surface area (Å²) in [5, 5.41) is 2.67. The maximum Gasteiger partial charge on any atom is 0.337 e. The number of carbonyl (C=O) groups is 3. The Balaban J connectivity index is 2.23. The first-order chi connectivity index (χ1) is 11.5. The summed E-state index contributed by atoms with van der Waals surface area (Å²) in [7, 11) is 2.47. The molecule has 0 aromatic heterocycles. The normalized spacial score (nSPS) is 9.92. The zero-order valence-corrected chi connectivity index (χ0v) is 13.4. The third-order valence-corrected chi connectivity index (χ3v) is 3.27. The van der Waals surface area contributed by atoms with Gasteiger partial charge in [0.25, 0.3) is 0 Å². The lowest BCUT2D eigenvalue weighted by atomic mass is 10.1. The van der Waals surface area contributed by atoms with E-state index >= 15 is 0 Å². The molecule has 0 saturated carbocycles. The van der Waals surface area contributed by atoms with Crippen LogP contribution in [0.5, 0.6) is 0 Å². The number of rotatable bonds is 5. The number of anilines is 1. The van der Waals surface area contributed by atoms with Crippen LogP contribution in [-0.4, -0.2) is 32.1 Å². The van der Waals surface area contributed by atoms with Crippen LogP contribution in [0, 0.1) is 0 Å². The van der Waals surface area contributed by atoms with E-state index in [1.165, 1.54) is 32.4 Å². The van der Waals surface area contributed by atoms with Gasteiger partial charge in [-0.3, -0.25) is 4.79 Å². The van der Waals surface area contributed by atoms with Crippen LogP contribution in [0.25, 0.3) is 0 Å². The number of amides is 1. The average molecular weight is 327 g/mol. The molecule has 2 aromatic carbocycles. The molecule has 0 spiro atoms. The van der Waals surface area contributed by atoms with Crippen molar-refractivity contribution in [3.05, 3.63) is 65.2 Å². The minimum Gasteiger partial charge on any atom is -0.465 e. The molecule has 1 N–H and O–H groups in total. The highest BCUT2D eigenvalue weighted by Gasteiger charge is 2.15. The number of hydrogen-bond acceptors (Lipinski definition) is 5. The molecule has 0 aliphatic heterocycles. The summed E-state index contributed by atoms with van der Waals surface area (Å²) in [6.07, 6.45) is 0.177. The number of methoxy groups -OCH3 is 2. The van der Waals surface area contributed by atoms with Crippen molar-refractivity contribution in [2.45, 2.75) is 6.42 Å². The molecule has 6 nitrogen and oxygen atoms in total. The van der Waals surface area contributed by atoms with Crippen LogP contribution < -0.4 is 5.32 Å². The maximum atomic E-state index is 12.1. The molecule has 24 heavy (non-hydrogen) atoms. The summed E-state index contributed by atoms with van der Waals surface area (Å²) >= 11 is 0. The first kappa shape index (κ1) is 17.2. The van der Waals surface area contributed by atoms with Crippen LogP contribution in [0.2, 0.25) is 0 Å². The number of benzene rings is 2. The van der Waals surface area contributed by atoms with E-state index in [-0.39, 0.29) is 23.5 Å². The summed E-state index contributed by atoms with van der Waals surface area (Å²) in [5.41, 5.74) is 1.47. The molecule has 6 heteroatoms. The van der Waals surface area contributed by atoms with E-state index in [1.807, 2.05) is 30.3 Å². The van der Waals surface area contributed by atoms with E-state index in [2.05, 4.69) is 14.8 Å². The lowest BCUT2D eigenvalue weighted by molar-refractivity contribution is -0.115. The highest BCUT2D eigenvalue weighted by Crippen LogP contribution is 2.17. The van der Waals surface area contributed by atoms with Gasteiger partial charge < -0.3 is 14.8 Å². The summed E-state index contributed by atoms with van der Waals surface area (Å²) in [6.45, 7) is 0. The molecule has 0 bridgehead atoms. The van der Waals surface area contributed by atoms with E-state index in [4.69, 9.17) is 0 Å². The van der Waals surface area contributed by atoms with Crippen molar-refractivity contribution in [1.29, 1.82) is 0 Å². The van der Waals surface area contributed by atoms with Crippen molar-refractivity contribution in [3.63, 3.8) is 0 Å². The zero-order valence-electron chi connectivity index (χ0n) is 13.4. The topological polar surface area (TPSA) is 81.7 Å². The molecule has 0 atom stereocenters. The minimum atomic E-state index is -0.612. The molecule has 0 unspecified atom stereocenters. The van der Waals surface area contributed by atoms with Crippen LogP contribution in [0.4, 0.5) is 5.69 Å². The number of hydrogen-bond donors (Lipinski definition) is 1. The first-order valence-corrected chi connectivity index (χ1v) is 7.19. The Labute approximate surface area is 139 Å². The molecule has 1 amide bonds. The predicted molar refractivity (Wildman–Crippen MR) is 87.9 cm³/mol. The van der Waals surface area contributed by atoms with Crippen LogP contribution >= 0.6 is 0 Å². The summed E-state index contributed by atoms with van der Waals surface area (Å²) in [4.78, 5) is 35.6. The van der Waals surface area contributed by atoms with E-state index < -0.39 is 11.9 Å². The van der Waals surface area contributed by atoms with Gasteiger partial charge in [0.1, 0.15) is 0 Å². The second kappa shape index (κ2) is 7.92. The molecule has 2 rings (SSSR count). The van der Waals surface area contributed by atoms with E-state index in [0.29, 0.717) is 5.69 Å². The Bertz CT molecular complexity index is 721. The largest absolute Gasteiger partial charge is 0.465 e. The van der Waals surface area contributed by atoms with Crippen molar-refractivity contribution in [2.75, 3.05) is 19.5 Å². The third kappa shape index (κ3) is 4.42. The molecule has 0 aliphatic rings. The molecule has 124 valence electrons. The van der Waals surface area contributed by atoms with Crippen LogP contribution in [0.15, 0.2) is 48.5 Å². The second-order valence-electron chi connectivity index (χ2n) is 4.99. The molecule has 0 radical (unpaired) electrons. The minimum absolute atomic E-state index is 0.149. The molecule has 2 aromatic rings. The molecule has 0 aliphatic carbocycles. The van der Waals surface area contributed by atoms with E-state index in [1.54, 1.807) is 0 Å². The van der Waals surface area contributed by atoms with Gasteiger partial charge >= 0.3 is 11.9 Å². The molecular weight excluding hydrogens is 310 g/mol. The Kier molecular flexibility index (Phi) is 5.68. The van der Waals surface area contributed by atoms with Gasteiger partial charge in [-0.15, -0.1) is 0 Å². The molecular formula is C18H17NO5. The highest BCUT2D eigenvalue weighted by molar-refractivity contribution is 5.99. The van der Waals surface area contributed by atoms with Crippen LogP contribution in [0.1, 0.15) is 26.3 Å². The Morgan fingerprint density at radius 2 is 1.42 bits per heavy atom. The number of carbonyl (C=O) groups excluding carboxylic acids is 3. The summed E-state index contributed by atoms with van der Waals surface area (Å²) in [5.74, 6) is -1.49. The van der Waals surface area contributed by atoms with Crippen LogP contribution in [-0.2, 0) is 20.7 Å². The zero-order chi connectivity index (χ0) is 17.5. The number of nitrogens with one attached hydrogen (secondary N) is 1. The van der Waals surface area contributed by atoms with Crippen molar-refractivity contribution in [1.82, 2.24) is 0 Å². The average Bonchev–Trinajstić information content (AvgIpc) is 2.60. The smallest absolute Gasteiger partial charge is 0.337 e. The van der Waals surface area contributed by atoms with Gasteiger partial charge in [0.05, 0.1) is 31.8 Å². The molecule has 0 fully saturated rings. The number of ether oxygens (including phenoxy) is 2. The third-order valence-electron chi connectivity index (χ3n) is 3.27. The molecule has 0 heterocycles. The lowest BCUT2D eigenvalue weighted by Gasteiger charge is -2.09. The van der Waals surface area contributed by atoms with Gasteiger partial charge in [0, 0.05) is 5.69 Å². The lowest BCUT2D eigenvalue weighted by Crippen LogP contribution is -2.16. The van der Waals surface area contributed by atoms with E-state index in [9.17, 15) is 14.4 Å². The highest BCUT2D eigenvalue weighted by atomic mass is 16.5. The fourth-order valence-electron chi connectivity index (χ4n) is 2.16. The second-order valence-corrected chi connectivity index (χ2v) is 4.99. The fraction of sp³-hybridized carbons (Fsp3) is 0.167. The van der Waals surface area contributed by atoms with Crippen molar-refractivity contribution < 1.29 is 23.9 Å². The SMILES string of the molecule is COC(=O)c1cc(NC(=O)Cc2ccccc2)cc(C(=O)OC)c1. The monoisotopic (exact) mass is 327 g/mol. The van der Waals surface area contributed by atoms with Crippen molar-refractivity contribution in [3.8, 4) is 0 Å². The van der Waals surface area contributed by atoms with Gasteiger partial charge in [-0.1, -0.05) is 30.3 Å². The van der Waals surface area contributed by atoms with E-state index in [0.717, 1.165) is 5.56 Å². The summed E-state index contributed by atoms with van der Waals surface area (Å²) in [6, 6.07) is 13.5.